The molecule has 0 bridgehead atoms. The number of carbonyl (C=O) groups is 2. The van der Waals surface area contributed by atoms with E-state index in [4.69, 9.17) is 5.26 Å². The first-order chi connectivity index (χ1) is 11.7. The molecule has 0 saturated heterocycles. The Morgan fingerprint density at radius 2 is 1.96 bits per heavy atom. The molecular weight excluding hydrogens is 322 g/mol. The van der Waals surface area contributed by atoms with Crippen LogP contribution >= 0.6 is 11.8 Å². The van der Waals surface area contributed by atoms with Crippen LogP contribution in [0.15, 0.2) is 53.4 Å². The lowest BCUT2D eigenvalue weighted by atomic mass is 10.1. The largest absolute Gasteiger partial charge is 0.352 e. The van der Waals surface area contributed by atoms with Gasteiger partial charge >= 0.3 is 0 Å². The lowest BCUT2D eigenvalue weighted by molar-refractivity contribution is -0.124. The second-order valence-corrected chi connectivity index (χ2v) is 6.63. The van der Waals surface area contributed by atoms with E-state index in [1.165, 1.54) is 11.8 Å². The van der Waals surface area contributed by atoms with Crippen LogP contribution in [0.1, 0.15) is 17.5 Å². The lowest BCUT2D eigenvalue weighted by Gasteiger charge is -2.23. The zero-order valence-electron chi connectivity index (χ0n) is 12.8. The molecule has 3 rings (SSSR count). The summed E-state index contributed by atoms with van der Waals surface area (Å²) in [6, 6.07) is 16.6. The Kier molecular flexibility index (Phi) is 4.82. The van der Waals surface area contributed by atoms with Crippen LogP contribution in [-0.2, 0) is 16.1 Å². The average molecular weight is 337 g/mol. The number of anilines is 1. The van der Waals surface area contributed by atoms with E-state index in [9.17, 15) is 9.59 Å². The maximum absolute atomic E-state index is 12.1. The first kappa shape index (κ1) is 16.1. The fraction of sp³-hybridized carbons (Fsp3) is 0.167. The highest BCUT2D eigenvalue weighted by Crippen LogP contribution is 2.36. The third kappa shape index (κ3) is 3.76. The van der Waals surface area contributed by atoms with Crippen molar-refractivity contribution in [2.75, 3.05) is 5.32 Å². The number of para-hydroxylation sites is 1. The van der Waals surface area contributed by atoms with Crippen LogP contribution < -0.4 is 10.6 Å². The zero-order chi connectivity index (χ0) is 16.9. The smallest absolute Gasteiger partial charge is 0.238 e. The summed E-state index contributed by atoms with van der Waals surface area (Å²) in [5, 5.41) is 14.0. The van der Waals surface area contributed by atoms with Crippen LogP contribution in [0.2, 0.25) is 0 Å². The normalized spacial score (nSPS) is 15.8. The molecule has 24 heavy (non-hydrogen) atoms. The van der Waals surface area contributed by atoms with Gasteiger partial charge in [0, 0.05) is 17.9 Å². The first-order valence-electron chi connectivity index (χ1n) is 7.48. The van der Waals surface area contributed by atoms with Gasteiger partial charge in [0.1, 0.15) is 0 Å². The molecule has 2 aromatic carbocycles. The van der Waals surface area contributed by atoms with E-state index >= 15 is 0 Å². The standard InChI is InChI=1S/C18H15N3O2S/c19-10-12-5-7-13(8-6-12)11-20-17(22)9-16-18(23)21-14-3-1-2-4-15(14)24-16/h1-8,16H,9,11H2,(H,20,22)(H,21,23). The van der Waals surface area contributed by atoms with Crippen LogP contribution in [0.5, 0.6) is 0 Å². The Morgan fingerprint density at radius 1 is 1.21 bits per heavy atom. The molecule has 1 atom stereocenters. The lowest BCUT2D eigenvalue weighted by Crippen LogP contribution is -2.34. The Balaban J connectivity index is 1.55. The third-order valence-electron chi connectivity index (χ3n) is 3.65. The molecule has 1 unspecified atom stereocenters. The molecule has 0 fully saturated rings. The molecule has 0 aromatic heterocycles. The van der Waals surface area contributed by atoms with Crippen LogP contribution in [0, 0.1) is 11.3 Å². The molecule has 2 aromatic rings. The molecule has 6 heteroatoms. The molecule has 0 aliphatic carbocycles. The van der Waals surface area contributed by atoms with Crippen molar-refractivity contribution in [1.29, 1.82) is 5.26 Å². The number of nitrogens with zero attached hydrogens (tertiary/aromatic N) is 1. The molecule has 5 nitrogen and oxygen atoms in total. The van der Waals surface area contributed by atoms with Crippen molar-refractivity contribution >= 4 is 29.3 Å². The quantitative estimate of drug-likeness (QED) is 0.899. The Morgan fingerprint density at radius 3 is 2.71 bits per heavy atom. The number of benzene rings is 2. The molecule has 120 valence electrons. The number of hydrogen-bond donors (Lipinski definition) is 2. The van der Waals surface area contributed by atoms with Crippen LogP contribution in [0.4, 0.5) is 5.69 Å². The minimum absolute atomic E-state index is 0.126. The maximum atomic E-state index is 12.1. The van der Waals surface area contributed by atoms with Crippen LogP contribution in [0.25, 0.3) is 0 Å². The number of rotatable bonds is 4. The number of fused-ring (bicyclic) bond motifs is 1. The van der Waals surface area contributed by atoms with E-state index in [0.29, 0.717) is 12.1 Å². The van der Waals surface area contributed by atoms with Gasteiger partial charge in [-0.1, -0.05) is 24.3 Å². The van der Waals surface area contributed by atoms with Gasteiger partial charge in [-0.2, -0.15) is 5.26 Å². The van der Waals surface area contributed by atoms with E-state index in [1.54, 1.807) is 24.3 Å². The fourth-order valence-corrected chi connectivity index (χ4v) is 3.48. The summed E-state index contributed by atoms with van der Waals surface area (Å²) in [5.74, 6) is -0.321. The molecule has 0 spiro atoms. The number of nitrogens with one attached hydrogen (secondary N) is 2. The topological polar surface area (TPSA) is 82.0 Å². The van der Waals surface area contributed by atoms with Gasteiger partial charge in [-0.3, -0.25) is 9.59 Å². The van der Waals surface area contributed by atoms with Crippen molar-refractivity contribution in [3.8, 4) is 6.07 Å². The van der Waals surface area contributed by atoms with Crippen molar-refractivity contribution in [3.05, 3.63) is 59.7 Å². The molecule has 1 aliphatic rings. The molecule has 2 N–H and O–H groups in total. The molecule has 0 radical (unpaired) electrons. The number of thioether (sulfide) groups is 1. The average Bonchev–Trinajstić information content (AvgIpc) is 2.61. The number of nitriles is 1. The van der Waals surface area contributed by atoms with Crippen molar-refractivity contribution in [2.45, 2.75) is 23.1 Å². The van der Waals surface area contributed by atoms with Gasteiger partial charge in [0.2, 0.25) is 11.8 Å². The van der Waals surface area contributed by atoms with Gasteiger partial charge in [-0.05, 0) is 29.8 Å². The Hall–Kier alpha value is -2.78. The highest BCUT2D eigenvalue weighted by Gasteiger charge is 2.28. The van der Waals surface area contributed by atoms with Crippen molar-refractivity contribution in [3.63, 3.8) is 0 Å². The fourth-order valence-electron chi connectivity index (χ4n) is 2.37. The minimum Gasteiger partial charge on any atom is -0.352 e. The summed E-state index contributed by atoms with van der Waals surface area (Å²) in [5.41, 5.74) is 2.29. The summed E-state index contributed by atoms with van der Waals surface area (Å²) in [7, 11) is 0. The molecule has 1 aliphatic heterocycles. The molecule has 2 amide bonds. The molecular formula is C18H15N3O2S. The van der Waals surface area contributed by atoms with Gasteiger partial charge in [0.05, 0.1) is 22.6 Å². The van der Waals surface area contributed by atoms with E-state index in [1.807, 2.05) is 24.3 Å². The minimum atomic E-state index is -0.430. The number of amides is 2. The summed E-state index contributed by atoms with van der Waals surface area (Å²) < 4.78 is 0. The van der Waals surface area contributed by atoms with Gasteiger partial charge in [-0.25, -0.2) is 0 Å². The van der Waals surface area contributed by atoms with Gasteiger partial charge < -0.3 is 10.6 Å². The van der Waals surface area contributed by atoms with Crippen molar-refractivity contribution < 1.29 is 9.59 Å². The van der Waals surface area contributed by atoms with Gasteiger partial charge in [0.25, 0.3) is 0 Å². The van der Waals surface area contributed by atoms with E-state index in [-0.39, 0.29) is 18.2 Å². The van der Waals surface area contributed by atoms with Crippen molar-refractivity contribution in [2.24, 2.45) is 0 Å². The SMILES string of the molecule is N#Cc1ccc(CNC(=O)CC2Sc3ccccc3NC2=O)cc1. The van der Waals surface area contributed by atoms with Crippen LogP contribution in [-0.4, -0.2) is 17.1 Å². The number of hydrogen-bond acceptors (Lipinski definition) is 4. The predicted octanol–water partition coefficient (Wildman–Crippen LogP) is 2.68. The Bertz CT molecular complexity index is 812. The van der Waals surface area contributed by atoms with Crippen LogP contribution in [0.3, 0.4) is 0 Å². The molecule has 1 heterocycles. The van der Waals surface area contributed by atoms with E-state index in [0.717, 1.165) is 16.1 Å². The monoisotopic (exact) mass is 337 g/mol. The summed E-state index contributed by atoms with van der Waals surface area (Å²) in [4.78, 5) is 25.2. The molecule has 0 saturated carbocycles. The number of carbonyl (C=O) groups excluding carboxylic acids is 2. The van der Waals surface area contributed by atoms with Gasteiger partial charge in [-0.15, -0.1) is 11.8 Å². The Labute approximate surface area is 144 Å². The summed E-state index contributed by atoms with van der Waals surface area (Å²) in [6.07, 6.45) is 0.126. The predicted molar refractivity (Wildman–Crippen MR) is 92.3 cm³/mol. The zero-order valence-corrected chi connectivity index (χ0v) is 13.6. The van der Waals surface area contributed by atoms with E-state index < -0.39 is 5.25 Å². The summed E-state index contributed by atoms with van der Waals surface area (Å²) >= 11 is 1.41. The highest BCUT2D eigenvalue weighted by atomic mass is 32.2. The van der Waals surface area contributed by atoms with E-state index in [2.05, 4.69) is 16.7 Å². The first-order valence-corrected chi connectivity index (χ1v) is 8.36. The van der Waals surface area contributed by atoms with Crippen molar-refractivity contribution in [1.82, 2.24) is 5.32 Å². The summed E-state index contributed by atoms with van der Waals surface area (Å²) in [6.45, 7) is 0.375. The maximum Gasteiger partial charge on any atom is 0.238 e. The second kappa shape index (κ2) is 7.20. The second-order valence-electron chi connectivity index (χ2n) is 5.38. The van der Waals surface area contributed by atoms with Gasteiger partial charge in [0.15, 0.2) is 0 Å². The highest BCUT2D eigenvalue weighted by molar-refractivity contribution is 8.01. The third-order valence-corrected chi connectivity index (χ3v) is 4.93.